The van der Waals surface area contributed by atoms with Crippen LogP contribution in [-0.2, 0) is 6.54 Å². The number of anilines is 1. The molecule has 0 bridgehead atoms. The third kappa shape index (κ3) is 3.45. The summed E-state index contributed by atoms with van der Waals surface area (Å²) in [6.07, 6.45) is 3.65. The topological polar surface area (TPSA) is 47.0 Å². The van der Waals surface area contributed by atoms with Crippen LogP contribution in [0.4, 0.5) is 5.82 Å². The van der Waals surface area contributed by atoms with Gasteiger partial charge < -0.3 is 10.1 Å². The molecule has 2 rings (SSSR count). The third-order valence-electron chi connectivity index (χ3n) is 2.30. The number of nitrogens with zero attached hydrogens (tertiary/aromatic N) is 2. The molecule has 0 amide bonds. The van der Waals surface area contributed by atoms with Crippen LogP contribution >= 0.6 is 0 Å². The average Bonchev–Trinajstić information content (AvgIpc) is 2.38. The first-order valence-corrected chi connectivity index (χ1v) is 6.01. The highest BCUT2D eigenvalue weighted by atomic mass is 16.5. The highest BCUT2D eigenvalue weighted by Gasteiger charge is 2.06. The molecule has 2 aromatic rings. The SMILES string of the molecule is CC(C)Oc1cccnc1NCc1ccccn1. The molecular formula is C14H17N3O. The van der Waals surface area contributed by atoms with E-state index in [9.17, 15) is 0 Å². The fourth-order valence-corrected chi connectivity index (χ4v) is 1.55. The van der Waals surface area contributed by atoms with Crippen molar-refractivity contribution < 1.29 is 4.74 Å². The third-order valence-corrected chi connectivity index (χ3v) is 2.30. The lowest BCUT2D eigenvalue weighted by atomic mass is 10.3. The summed E-state index contributed by atoms with van der Waals surface area (Å²) in [6, 6.07) is 9.61. The molecule has 0 radical (unpaired) electrons. The van der Waals surface area contributed by atoms with Crippen molar-refractivity contribution in [3.05, 3.63) is 48.4 Å². The molecule has 0 aliphatic heterocycles. The maximum absolute atomic E-state index is 5.69. The van der Waals surface area contributed by atoms with Crippen molar-refractivity contribution in [1.82, 2.24) is 9.97 Å². The van der Waals surface area contributed by atoms with Crippen LogP contribution in [0.1, 0.15) is 19.5 Å². The van der Waals surface area contributed by atoms with Crippen molar-refractivity contribution in [2.24, 2.45) is 0 Å². The summed E-state index contributed by atoms with van der Waals surface area (Å²) in [4.78, 5) is 8.54. The first-order valence-electron chi connectivity index (χ1n) is 6.01. The molecule has 0 aromatic carbocycles. The summed E-state index contributed by atoms with van der Waals surface area (Å²) in [6.45, 7) is 4.62. The monoisotopic (exact) mass is 243 g/mol. The second-order valence-electron chi connectivity index (χ2n) is 4.19. The zero-order valence-electron chi connectivity index (χ0n) is 10.6. The molecule has 0 unspecified atom stereocenters. The van der Waals surface area contributed by atoms with E-state index in [1.54, 1.807) is 12.4 Å². The summed E-state index contributed by atoms with van der Waals surface area (Å²) in [5.74, 6) is 1.51. The van der Waals surface area contributed by atoms with Crippen molar-refractivity contribution in [1.29, 1.82) is 0 Å². The Morgan fingerprint density at radius 2 is 1.94 bits per heavy atom. The fraction of sp³-hybridized carbons (Fsp3) is 0.286. The minimum Gasteiger partial charge on any atom is -0.487 e. The Bertz CT molecular complexity index is 485. The fourth-order valence-electron chi connectivity index (χ4n) is 1.55. The molecule has 0 fully saturated rings. The molecule has 4 heteroatoms. The quantitative estimate of drug-likeness (QED) is 0.877. The zero-order chi connectivity index (χ0) is 12.8. The van der Waals surface area contributed by atoms with Gasteiger partial charge in [-0.1, -0.05) is 6.07 Å². The molecule has 0 aliphatic carbocycles. The number of hydrogen-bond acceptors (Lipinski definition) is 4. The van der Waals surface area contributed by atoms with Crippen molar-refractivity contribution in [3.63, 3.8) is 0 Å². The first-order chi connectivity index (χ1) is 8.75. The number of nitrogens with one attached hydrogen (secondary N) is 1. The Labute approximate surface area is 107 Å². The lowest BCUT2D eigenvalue weighted by molar-refractivity contribution is 0.243. The van der Waals surface area contributed by atoms with E-state index in [1.807, 2.05) is 44.2 Å². The van der Waals surface area contributed by atoms with Crippen LogP contribution in [0, 0.1) is 0 Å². The highest BCUT2D eigenvalue weighted by Crippen LogP contribution is 2.22. The number of hydrogen-bond donors (Lipinski definition) is 1. The van der Waals surface area contributed by atoms with Crippen LogP contribution in [0.25, 0.3) is 0 Å². The lowest BCUT2D eigenvalue weighted by Gasteiger charge is -2.14. The van der Waals surface area contributed by atoms with Crippen LogP contribution in [0.3, 0.4) is 0 Å². The van der Waals surface area contributed by atoms with E-state index in [0.717, 1.165) is 17.3 Å². The minimum absolute atomic E-state index is 0.129. The van der Waals surface area contributed by atoms with E-state index < -0.39 is 0 Å². The molecule has 1 N–H and O–H groups in total. The van der Waals surface area contributed by atoms with Gasteiger partial charge in [0.1, 0.15) is 0 Å². The van der Waals surface area contributed by atoms with Crippen LogP contribution < -0.4 is 10.1 Å². The standard InChI is InChI=1S/C14H17N3O/c1-11(2)18-13-7-5-9-16-14(13)17-10-12-6-3-4-8-15-12/h3-9,11H,10H2,1-2H3,(H,16,17). The van der Waals surface area contributed by atoms with Gasteiger partial charge in [0, 0.05) is 12.4 Å². The molecule has 18 heavy (non-hydrogen) atoms. The summed E-state index contributed by atoms with van der Waals surface area (Å²) in [5, 5.41) is 3.24. The predicted molar refractivity (Wildman–Crippen MR) is 71.6 cm³/mol. The van der Waals surface area contributed by atoms with Crippen molar-refractivity contribution in [3.8, 4) is 5.75 Å². The summed E-state index contributed by atoms with van der Waals surface area (Å²) >= 11 is 0. The summed E-state index contributed by atoms with van der Waals surface area (Å²) in [5.41, 5.74) is 0.971. The number of aromatic nitrogens is 2. The maximum Gasteiger partial charge on any atom is 0.169 e. The van der Waals surface area contributed by atoms with Gasteiger partial charge in [-0.05, 0) is 38.1 Å². The van der Waals surface area contributed by atoms with Crippen LogP contribution in [0.15, 0.2) is 42.7 Å². The van der Waals surface area contributed by atoms with Gasteiger partial charge in [-0.25, -0.2) is 4.98 Å². The van der Waals surface area contributed by atoms with E-state index in [2.05, 4.69) is 15.3 Å². The lowest BCUT2D eigenvalue weighted by Crippen LogP contribution is -2.10. The molecule has 94 valence electrons. The normalized spacial score (nSPS) is 10.4. The first kappa shape index (κ1) is 12.4. The Hall–Kier alpha value is -2.10. The Morgan fingerprint density at radius 1 is 1.11 bits per heavy atom. The molecule has 0 saturated heterocycles. The second kappa shape index (κ2) is 6.00. The Kier molecular flexibility index (Phi) is 4.12. The van der Waals surface area contributed by atoms with Crippen LogP contribution in [-0.4, -0.2) is 16.1 Å². The molecule has 4 nitrogen and oxygen atoms in total. The van der Waals surface area contributed by atoms with Crippen molar-refractivity contribution >= 4 is 5.82 Å². The molecule has 0 saturated carbocycles. The van der Waals surface area contributed by atoms with E-state index in [-0.39, 0.29) is 6.10 Å². The van der Waals surface area contributed by atoms with E-state index >= 15 is 0 Å². The molecule has 2 heterocycles. The van der Waals surface area contributed by atoms with E-state index in [4.69, 9.17) is 4.74 Å². The average molecular weight is 243 g/mol. The van der Waals surface area contributed by atoms with E-state index in [0.29, 0.717) is 6.54 Å². The maximum atomic E-state index is 5.69. The van der Waals surface area contributed by atoms with Crippen LogP contribution in [0.2, 0.25) is 0 Å². The van der Waals surface area contributed by atoms with Gasteiger partial charge in [0.15, 0.2) is 11.6 Å². The van der Waals surface area contributed by atoms with Crippen molar-refractivity contribution in [2.45, 2.75) is 26.5 Å². The molecule has 0 aliphatic rings. The zero-order valence-corrected chi connectivity index (χ0v) is 10.6. The number of ether oxygens (including phenoxy) is 1. The smallest absolute Gasteiger partial charge is 0.169 e. The highest BCUT2D eigenvalue weighted by molar-refractivity contribution is 5.49. The largest absolute Gasteiger partial charge is 0.487 e. The van der Waals surface area contributed by atoms with Gasteiger partial charge in [-0.2, -0.15) is 0 Å². The molecule has 0 atom stereocenters. The van der Waals surface area contributed by atoms with E-state index in [1.165, 1.54) is 0 Å². The predicted octanol–water partition coefficient (Wildman–Crippen LogP) is 2.88. The van der Waals surface area contributed by atoms with Gasteiger partial charge in [0.05, 0.1) is 18.3 Å². The molecule has 0 spiro atoms. The summed E-state index contributed by atoms with van der Waals surface area (Å²) < 4.78 is 5.69. The van der Waals surface area contributed by atoms with Crippen molar-refractivity contribution in [2.75, 3.05) is 5.32 Å². The second-order valence-corrected chi connectivity index (χ2v) is 4.19. The molecular weight excluding hydrogens is 226 g/mol. The van der Waals surface area contributed by atoms with Gasteiger partial charge in [-0.3, -0.25) is 4.98 Å². The molecule has 2 aromatic heterocycles. The van der Waals surface area contributed by atoms with Gasteiger partial charge in [0.2, 0.25) is 0 Å². The Balaban J connectivity index is 2.05. The van der Waals surface area contributed by atoms with Crippen LogP contribution in [0.5, 0.6) is 5.75 Å². The van der Waals surface area contributed by atoms with Gasteiger partial charge >= 0.3 is 0 Å². The van der Waals surface area contributed by atoms with Gasteiger partial charge in [-0.15, -0.1) is 0 Å². The summed E-state index contributed by atoms with van der Waals surface area (Å²) in [7, 11) is 0. The number of pyridine rings is 2. The van der Waals surface area contributed by atoms with Gasteiger partial charge in [0.25, 0.3) is 0 Å². The number of rotatable bonds is 5. The minimum atomic E-state index is 0.129. The Morgan fingerprint density at radius 3 is 2.67 bits per heavy atom.